The number of rotatable bonds is 1. The fraction of sp³-hybridized carbons (Fsp3) is 0.720. The standard InChI is InChI=1S/C25H34N2O2.ClH/c28-24(29)25-9-2-1-3-22(25)20-7-6-18-17(19(20)8-10-25)5-4-15-12-23-16(11-21(15)18)13-26-14-27-23;/h6-7,15-17,19,23,26-27H,1-5,8-14H2,(H,28,29);1H. The molecule has 0 bridgehead atoms. The summed E-state index contributed by atoms with van der Waals surface area (Å²) in [5, 5.41) is 17.4. The summed E-state index contributed by atoms with van der Waals surface area (Å²) in [5.41, 5.74) is 5.60. The van der Waals surface area contributed by atoms with E-state index in [1.54, 1.807) is 11.1 Å². The van der Waals surface area contributed by atoms with Crippen LogP contribution in [0.1, 0.15) is 64.2 Å². The molecule has 0 radical (unpaired) electrons. The Morgan fingerprint density at radius 3 is 2.77 bits per heavy atom. The molecule has 164 valence electrons. The fourth-order valence-corrected chi connectivity index (χ4v) is 7.99. The Bertz CT molecular complexity index is 831. The topological polar surface area (TPSA) is 61.4 Å². The normalized spacial score (nSPS) is 42.2. The number of hydrogen-bond acceptors (Lipinski definition) is 3. The van der Waals surface area contributed by atoms with Crippen LogP contribution in [0, 0.1) is 29.1 Å². The summed E-state index contributed by atoms with van der Waals surface area (Å²) in [6.45, 7) is 2.11. The number of fused-ring (bicyclic) bond motifs is 6. The third-order valence-electron chi connectivity index (χ3n) is 9.40. The number of aliphatic carboxylic acids is 1. The minimum atomic E-state index is -0.560. The van der Waals surface area contributed by atoms with Crippen molar-refractivity contribution in [3.05, 3.63) is 34.4 Å². The van der Waals surface area contributed by atoms with Gasteiger partial charge in [0.15, 0.2) is 0 Å². The van der Waals surface area contributed by atoms with Crippen molar-refractivity contribution in [2.45, 2.75) is 70.3 Å². The quantitative estimate of drug-likeness (QED) is 0.569. The average molecular weight is 431 g/mol. The Hall–Kier alpha value is -1.10. The number of carbonyl (C=O) groups is 1. The SMILES string of the molecule is Cl.O=C(O)C12CCCCC1=C1C=CC3=C4CC5CNCNC5CC4CCC3C1CC2. The molecule has 0 aromatic carbocycles. The molecule has 6 atom stereocenters. The largest absolute Gasteiger partial charge is 0.481 e. The molecule has 1 aliphatic heterocycles. The summed E-state index contributed by atoms with van der Waals surface area (Å²) in [7, 11) is 0. The first kappa shape index (κ1) is 20.8. The van der Waals surface area contributed by atoms with Gasteiger partial charge in [-0.25, -0.2) is 0 Å². The summed E-state index contributed by atoms with van der Waals surface area (Å²) in [6.07, 6.45) is 16.0. The van der Waals surface area contributed by atoms with Crippen molar-refractivity contribution in [2.24, 2.45) is 29.1 Å². The van der Waals surface area contributed by atoms with Gasteiger partial charge >= 0.3 is 5.97 Å². The minimum absolute atomic E-state index is 0. The van der Waals surface area contributed by atoms with Gasteiger partial charge in [-0.15, -0.1) is 12.4 Å². The molecule has 30 heavy (non-hydrogen) atoms. The lowest BCUT2D eigenvalue weighted by molar-refractivity contribution is -0.148. The molecule has 3 fully saturated rings. The summed E-state index contributed by atoms with van der Waals surface area (Å²) in [5.74, 6) is 2.16. The summed E-state index contributed by atoms with van der Waals surface area (Å²) in [6, 6.07) is 0.695. The van der Waals surface area contributed by atoms with E-state index in [1.165, 1.54) is 36.8 Å². The van der Waals surface area contributed by atoms with E-state index in [-0.39, 0.29) is 12.4 Å². The highest BCUT2D eigenvalue weighted by atomic mass is 35.5. The van der Waals surface area contributed by atoms with Crippen LogP contribution >= 0.6 is 12.4 Å². The lowest BCUT2D eigenvalue weighted by Gasteiger charge is -2.50. The molecule has 0 amide bonds. The summed E-state index contributed by atoms with van der Waals surface area (Å²) in [4.78, 5) is 12.3. The predicted octanol–water partition coefficient (Wildman–Crippen LogP) is 4.58. The first-order valence-corrected chi connectivity index (χ1v) is 12.0. The Morgan fingerprint density at radius 1 is 1.07 bits per heavy atom. The molecule has 0 spiro atoms. The van der Waals surface area contributed by atoms with Crippen molar-refractivity contribution in [1.82, 2.24) is 10.6 Å². The lowest BCUT2D eigenvalue weighted by Crippen LogP contribution is -2.54. The molecule has 5 aliphatic carbocycles. The van der Waals surface area contributed by atoms with E-state index < -0.39 is 11.4 Å². The number of carboxylic acid groups (broad SMARTS) is 1. The van der Waals surface area contributed by atoms with Crippen LogP contribution in [0.4, 0.5) is 0 Å². The maximum Gasteiger partial charge on any atom is 0.313 e. The van der Waals surface area contributed by atoms with E-state index in [4.69, 9.17) is 0 Å². The molecule has 6 aliphatic rings. The minimum Gasteiger partial charge on any atom is -0.481 e. The van der Waals surface area contributed by atoms with Gasteiger partial charge in [0.2, 0.25) is 0 Å². The van der Waals surface area contributed by atoms with Crippen LogP contribution in [-0.2, 0) is 4.79 Å². The monoisotopic (exact) mass is 430 g/mol. The van der Waals surface area contributed by atoms with E-state index in [0.29, 0.717) is 17.9 Å². The summed E-state index contributed by atoms with van der Waals surface area (Å²) >= 11 is 0. The summed E-state index contributed by atoms with van der Waals surface area (Å²) < 4.78 is 0. The Labute approximate surface area is 186 Å². The molecule has 6 unspecified atom stereocenters. The number of nitrogens with one attached hydrogen (secondary N) is 2. The third kappa shape index (κ3) is 2.97. The molecule has 5 heteroatoms. The van der Waals surface area contributed by atoms with Gasteiger partial charge in [-0.2, -0.15) is 0 Å². The van der Waals surface area contributed by atoms with Crippen LogP contribution in [0.3, 0.4) is 0 Å². The Balaban J connectivity index is 0.00000193. The third-order valence-corrected chi connectivity index (χ3v) is 9.40. The zero-order valence-electron chi connectivity index (χ0n) is 17.8. The van der Waals surface area contributed by atoms with Crippen molar-refractivity contribution in [1.29, 1.82) is 0 Å². The molecular formula is C25H35ClN2O2. The number of hydrogen-bond donors (Lipinski definition) is 3. The van der Waals surface area contributed by atoms with Crippen molar-refractivity contribution in [3.8, 4) is 0 Å². The second kappa shape index (κ2) is 7.79. The van der Waals surface area contributed by atoms with Gasteiger partial charge in [-0.05, 0) is 98.2 Å². The van der Waals surface area contributed by atoms with Gasteiger partial charge in [-0.1, -0.05) is 24.1 Å². The Morgan fingerprint density at radius 2 is 1.90 bits per heavy atom. The van der Waals surface area contributed by atoms with E-state index >= 15 is 0 Å². The number of halogens is 1. The number of carboxylic acids is 1. The maximum atomic E-state index is 12.3. The van der Waals surface area contributed by atoms with Gasteiger partial charge < -0.3 is 15.7 Å². The van der Waals surface area contributed by atoms with E-state index in [9.17, 15) is 9.90 Å². The van der Waals surface area contributed by atoms with E-state index in [2.05, 4.69) is 22.8 Å². The molecule has 4 nitrogen and oxygen atoms in total. The molecule has 6 rings (SSSR count). The molecule has 0 aromatic rings. The van der Waals surface area contributed by atoms with Crippen molar-refractivity contribution in [2.75, 3.05) is 13.2 Å². The van der Waals surface area contributed by atoms with Crippen LogP contribution < -0.4 is 10.6 Å². The fourth-order valence-electron chi connectivity index (χ4n) is 7.99. The van der Waals surface area contributed by atoms with Crippen LogP contribution in [-0.4, -0.2) is 30.3 Å². The first-order valence-electron chi connectivity index (χ1n) is 12.0. The van der Waals surface area contributed by atoms with Crippen molar-refractivity contribution in [3.63, 3.8) is 0 Å². The smallest absolute Gasteiger partial charge is 0.313 e. The van der Waals surface area contributed by atoms with E-state index in [0.717, 1.165) is 63.6 Å². The van der Waals surface area contributed by atoms with Gasteiger partial charge in [-0.3, -0.25) is 4.79 Å². The molecule has 1 heterocycles. The van der Waals surface area contributed by atoms with Gasteiger partial charge in [0.05, 0.1) is 5.41 Å². The van der Waals surface area contributed by atoms with E-state index in [1.807, 2.05) is 0 Å². The highest BCUT2D eigenvalue weighted by Gasteiger charge is 2.51. The maximum absolute atomic E-state index is 12.3. The van der Waals surface area contributed by atoms with Crippen molar-refractivity contribution < 1.29 is 9.90 Å². The first-order chi connectivity index (χ1) is 14.2. The zero-order valence-corrected chi connectivity index (χ0v) is 18.6. The highest BCUT2D eigenvalue weighted by Crippen LogP contribution is 2.58. The molecule has 2 saturated carbocycles. The van der Waals surface area contributed by atoms with Crippen LogP contribution in [0.5, 0.6) is 0 Å². The Kier molecular flexibility index (Phi) is 5.40. The zero-order chi connectivity index (χ0) is 19.6. The van der Waals surface area contributed by atoms with Crippen LogP contribution in [0.15, 0.2) is 34.4 Å². The second-order valence-corrected chi connectivity index (χ2v) is 10.5. The molecule has 1 saturated heterocycles. The number of allylic oxidation sites excluding steroid dienone is 5. The van der Waals surface area contributed by atoms with Crippen LogP contribution in [0.2, 0.25) is 0 Å². The van der Waals surface area contributed by atoms with Gasteiger partial charge in [0.25, 0.3) is 0 Å². The molecule has 0 aromatic heterocycles. The average Bonchev–Trinajstić information content (AvgIpc) is 2.76. The predicted molar refractivity (Wildman–Crippen MR) is 120 cm³/mol. The van der Waals surface area contributed by atoms with Crippen LogP contribution in [0.25, 0.3) is 0 Å². The molecular weight excluding hydrogens is 396 g/mol. The molecule has 3 N–H and O–H groups in total. The second-order valence-electron chi connectivity index (χ2n) is 10.5. The lowest BCUT2D eigenvalue weighted by atomic mass is 9.54. The van der Waals surface area contributed by atoms with Gasteiger partial charge in [0, 0.05) is 19.3 Å². The highest BCUT2D eigenvalue weighted by molar-refractivity contribution is 5.85. The van der Waals surface area contributed by atoms with Crippen molar-refractivity contribution >= 4 is 18.4 Å². The van der Waals surface area contributed by atoms with Gasteiger partial charge in [0.1, 0.15) is 0 Å².